The van der Waals surface area contributed by atoms with Crippen molar-refractivity contribution >= 4 is 5.91 Å². The first kappa shape index (κ1) is 16.7. The van der Waals surface area contributed by atoms with Gasteiger partial charge in [0.2, 0.25) is 5.91 Å². The van der Waals surface area contributed by atoms with Gasteiger partial charge < -0.3 is 16.4 Å². The number of rotatable bonds is 5. The second-order valence-electron chi connectivity index (χ2n) is 6.55. The highest BCUT2D eigenvalue weighted by molar-refractivity contribution is 5.82. The molecule has 1 saturated heterocycles. The molecule has 126 valence electrons. The van der Waals surface area contributed by atoms with Crippen LogP contribution in [0.3, 0.4) is 0 Å². The summed E-state index contributed by atoms with van der Waals surface area (Å²) in [6, 6.07) is 19.7. The molecule has 0 unspecified atom stereocenters. The molecule has 2 aromatic rings. The average molecular weight is 323 g/mol. The van der Waals surface area contributed by atoms with Crippen molar-refractivity contribution in [3.05, 3.63) is 71.8 Å². The van der Waals surface area contributed by atoms with E-state index in [2.05, 4.69) is 12.1 Å². The predicted octanol–water partition coefficient (Wildman–Crippen LogP) is 1.76. The molecule has 2 aromatic carbocycles. The molecule has 0 bridgehead atoms. The SMILES string of the molecule is NC[C@@H]1CN(C(=O)[C@@H](N)Cc2ccccc2)C[C@H]1c1ccccc1. The van der Waals surface area contributed by atoms with Crippen LogP contribution in [0.1, 0.15) is 17.0 Å². The van der Waals surface area contributed by atoms with Gasteiger partial charge in [-0.25, -0.2) is 0 Å². The topological polar surface area (TPSA) is 72.3 Å². The maximum atomic E-state index is 12.7. The molecule has 3 rings (SSSR count). The number of hydrogen-bond acceptors (Lipinski definition) is 3. The van der Waals surface area contributed by atoms with E-state index in [-0.39, 0.29) is 5.91 Å². The Balaban J connectivity index is 1.67. The number of hydrogen-bond donors (Lipinski definition) is 2. The number of carbonyl (C=O) groups is 1. The number of carbonyl (C=O) groups excluding carboxylic acids is 1. The summed E-state index contributed by atoms with van der Waals surface area (Å²) >= 11 is 0. The molecule has 24 heavy (non-hydrogen) atoms. The third-order valence-electron chi connectivity index (χ3n) is 4.90. The average Bonchev–Trinajstić information content (AvgIpc) is 3.07. The molecule has 3 atom stereocenters. The van der Waals surface area contributed by atoms with E-state index in [1.165, 1.54) is 5.56 Å². The summed E-state index contributed by atoms with van der Waals surface area (Å²) in [7, 11) is 0. The van der Waals surface area contributed by atoms with Gasteiger partial charge in [-0.05, 0) is 30.0 Å². The summed E-state index contributed by atoms with van der Waals surface area (Å²) in [5, 5.41) is 0. The maximum absolute atomic E-state index is 12.7. The highest BCUT2D eigenvalue weighted by atomic mass is 16.2. The first-order chi connectivity index (χ1) is 11.7. The van der Waals surface area contributed by atoms with Gasteiger partial charge in [0.15, 0.2) is 0 Å². The Hall–Kier alpha value is -2.17. The van der Waals surface area contributed by atoms with Gasteiger partial charge in [0.25, 0.3) is 0 Å². The van der Waals surface area contributed by atoms with Crippen LogP contribution in [-0.4, -0.2) is 36.5 Å². The van der Waals surface area contributed by atoms with Gasteiger partial charge in [0.05, 0.1) is 6.04 Å². The molecule has 4 N–H and O–H groups in total. The Labute approximate surface area is 143 Å². The fourth-order valence-corrected chi connectivity index (χ4v) is 3.56. The fourth-order valence-electron chi connectivity index (χ4n) is 3.56. The van der Waals surface area contributed by atoms with Gasteiger partial charge in [-0.2, -0.15) is 0 Å². The van der Waals surface area contributed by atoms with Crippen molar-refractivity contribution in [3.63, 3.8) is 0 Å². The van der Waals surface area contributed by atoms with Crippen molar-refractivity contribution in [2.75, 3.05) is 19.6 Å². The molecule has 0 spiro atoms. The molecule has 4 nitrogen and oxygen atoms in total. The Kier molecular flexibility index (Phi) is 5.28. The lowest BCUT2D eigenvalue weighted by Crippen LogP contribution is -2.44. The number of benzene rings is 2. The summed E-state index contributed by atoms with van der Waals surface area (Å²) in [6.45, 7) is 1.97. The molecule has 1 heterocycles. The van der Waals surface area contributed by atoms with E-state index in [0.29, 0.717) is 37.9 Å². The third-order valence-corrected chi connectivity index (χ3v) is 4.90. The minimum atomic E-state index is -0.500. The van der Waals surface area contributed by atoms with Gasteiger partial charge in [0.1, 0.15) is 0 Å². The molecule has 0 aromatic heterocycles. The second-order valence-corrected chi connectivity index (χ2v) is 6.55. The lowest BCUT2D eigenvalue weighted by Gasteiger charge is -2.21. The number of amides is 1. The summed E-state index contributed by atoms with van der Waals surface area (Å²) in [6.07, 6.45) is 0.569. The first-order valence-corrected chi connectivity index (χ1v) is 8.52. The van der Waals surface area contributed by atoms with Gasteiger partial charge >= 0.3 is 0 Å². The van der Waals surface area contributed by atoms with Crippen LogP contribution in [0, 0.1) is 5.92 Å². The molecule has 4 heteroatoms. The Morgan fingerprint density at radius 1 is 1.04 bits per heavy atom. The molecular formula is C20H25N3O. The van der Waals surface area contributed by atoms with E-state index < -0.39 is 6.04 Å². The zero-order valence-electron chi connectivity index (χ0n) is 13.8. The van der Waals surface area contributed by atoms with E-state index in [1.807, 2.05) is 53.4 Å². The number of nitrogens with zero attached hydrogens (tertiary/aromatic N) is 1. The summed E-state index contributed by atoms with van der Waals surface area (Å²) in [4.78, 5) is 14.6. The molecule has 0 radical (unpaired) electrons. The Morgan fingerprint density at radius 3 is 2.29 bits per heavy atom. The van der Waals surface area contributed by atoms with Crippen LogP contribution >= 0.6 is 0 Å². The first-order valence-electron chi connectivity index (χ1n) is 8.52. The van der Waals surface area contributed by atoms with Crippen LogP contribution in [-0.2, 0) is 11.2 Å². The zero-order chi connectivity index (χ0) is 16.9. The Bertz CT molecular complexity index is 659. The van der Waals surface area contributed by atoms with Crippen molar-refractivity contribution in [1.82, 2.24) is 4.90 Å². The zero-order valence-corrected chi connectivity index (χ0v) is 13.8. The third kappa shape index (κ3) is 3.66. The van der Waals surface area contributed by atoms with Gasteiger partial charge in [-0.1, -0.05) is 60.7 Å². The second kappa shape index (κ2) is 7.60. The van der Waals surface area contributed by atoms with Gasteiger partial charge in [-0.3, -0.25) is 4.79 Å². The van der Waals surface area contributed by atoms with E-state index >= 15 is 0 Å². The standard InChI is InChI=1S/C20H25N3O/c21-12-17-13-23(14-18(17)16-9-5-2-6-10-16)20(24)19(22)11-15-7-3-1-4-8-15/h1-10,17-19H,11-14,21-22H2/t17-,18+,19+/m1/s1. The highest BCUT2D eigenvalue weighted by Crippen LogP contribution is 2.32. The van der Waals surface area contributed by atoms with E-state index in [9.17, 15) is 4.79 Å². The molecule has 1 amide bonds. The van der Waals surface area contributed by atoms with Crippen LogP contribution < -0.4 is 11.5 Å². The van der Waals surface area contributed by atoms with Crippen molar-refractivity contribution in [2.24, 2.45) is 17.4 Å². The minimum Gasteiger partial charge on any atom is -0.340 e. The van der Waals surface area contributed by atoms with Crippen molar-refractivity contribution in [2.45, 2.75) is 18.4 Å². The van der Waals surface area contributed by atoms with E-state index in [1.54, 1.807) is 0 Å². The van der Waals surface area contributed by atoms with Crippen LogP contribution in [0.4, 0.5) is 0 Å². The summed E-state index contributed by atoms with van der Waals surface area (Å²) in [5.74, 6) is 0.611. The molecule has 0 aliphatic carbocycles. The van der Waals surface area contributed by atoms with Crippen LogP contribution in [0.2, 0.25) is 0 Å². The number of nitrogens with two attached hydrogens (primary N) is 2. The minimum absolute atomic E-state index is 0.0238. The van der Waals surface area contributed by atoms with Crippen molar-refractivity contribution in [1.29, 1.82) is 0 Å². The predicted molar refractivity (Wildman–Crippen MR) is 96.4 cm³/mol. The monoisotopic (exact) mass is 323 g/mol. The smallest absolute Gasteiger partial charge is 0.239 e. The van der Waals surface area contributed by atoms with E-state index in [0.717, 1.165) is 5.56 Å². The van der Waals surface area contributed by atoms with Crippen LogP contribution in [0.15, 0.2) is 60.7 Å². The van der Waals surface area contributed by atoms with Crippen LogP contribution in [0.5, 0.6) is 0 Å². The fraction of sp³-hybridized carbons (Fsp3) is 0.350. The van der Waals surface area contributed by atoms with Crippen LogP contribution in [0.25, 0.3) is 0 Å². The van der Waals surface area contributed by atoms with Crippen molar-refractivity contribution < 1.29 is 4.79 Å². The number of likely N-dealkylation sites (tertiary alicyclic amines) is 1. The molecular weight excluding hydrogens is 298 g/mol. The molecule has 1 aliphatic rings. The molecule has 1 aliphatic heterocycles. The van der Waals surface area contributed by atoms with Gasteiger partial charge in [-0.15, -0.1) is 0 Å². The maximum Gasteiger partial charge on any atom is 0.239 e. The normalized spacial score (nSPS) is 21.7. The van der Waals surface area contributed by atoms with Crippen molar-refractivity contribution in [3.8, 4) is 0 Å². The summed E-state index contributed by atoms with van der Waals surface area (Å²) < 4.78 is 0. The quantitative estimate of drug-likeness (QED) is 0.880. The lowest BCUT2D eigenvalue weighted by molar-refractivity contribution is -0.131. The molecule has 1 fully saturated rings. The largest absolute Gasteiger partial charge is 0.340 e. The summed E-state index contributed by atoms with van der Waals surface area (Å²) in [5.41, 5.74) is 14.5. The molecule has 0 saturated carbocycles. The Morgan fingerprint density at radius 2 is 1.67 bits per heavy atom. The highest BCUT2D eigenvalue weighted by Gasteiger charge is 2.36. The van der Waals surface area contributed by atoms with E-state index in [4.69, 9.17) is 11.5 Å². The van der Waals surface area contributed by atoms with Gasteiger partial charge in [0, 0.05) is 19.0 Å². The lowest BCUT2D eigenvalue weighted by atomic mass is 9.89.